The Labute approximate surface area is 172 Å². The van der Waals surface area contributed by atoms with E-state index in [1.54, 1.807) is 26.2 Å². The number of halogens is 1. The molecule has 0 saturated carbocycles. The first kappa shape index (κ1) is 20.1. The molecule has 0 aliphatic heterocycles. The lowest BCUT2D eigenvalue weighted by Gasteiger charge is -2.18. The van der Waals surface area contributed by atoms with Gasteiger partial charge >= 0.3 is 0 Å². The molecule has 8 heteroatoms. The number of aromatic nitrogens is 3. The molecule has 6 nitrogen and oxygen atoms in total. The van der Waals surface area contributed by atoms with Gasteiger partial charge in [0, 0.05) is 30.4 Å². The maximum atomic E-state index is 12.5. The molecule has 0 bridgehead atoms. The smallest absolute Gasteiger partial charge is 0.243 e. The molecule has 0 radical (unpaired) electrons. The standard InChI is InChI=1S/C20H19ClN4O2S/c1-13(26)17(19(27)24(2)3)28-20-23-22-18(14-9-11-15(21)12-10-14)25(20)16-7-5-4-6-8-16/h4-12,17H,1-3H3. The molecule has 1 unspecified atom stereocenters. The summed E-state index contributed by atoms with van der Waals surface area (Å²) >= 11 is 7.10. The van der Waals surface area contributed by atoms with Crippen molar-refractivity contribution in [1.82, 2.24) is 19.7 Å². The molecule has 0 spiro atoms. The van der Waals surface area contributed by atoms with E-state index in [4.69, 9.17) is 11.6 Å². The molecule has 1 aromatic heterocycles. The molecule has 0 aliphatic carbocycles. The van der Waals surface area contributed by atoms with Crippen LogP contribution in [-0.2, 0) is 9.59 Å². The fourth-order valence-electron chi connectivity index (χ4n) is 2.59. The number of thioether (sulfide) groups is 1. The van der Waals surface area contributed by atoms with E-state index in [1.165, 1.54) is 11.8 Å². The molecule has 0 fully saturated rings. The molecule has 28 heavy (non-hydrogen) atoms. The van der Waals surface area contributed by atoms with Gasteiger partial charge in [0.15, 0.2) is 16.8 Å². The number of ketones is 1. The van der Waals surface area contributed by atoms with Gasteiger partial charge < -0.3 is 4.90 Å². The summed E-state index contributed by atoms with van der Waals surface area (Å²) in [5.41, 5.74) is 1.66. The molecule has 144 valence electrons. The highest BCUT2D eigenvalue weighted by atomic mass is 35.5. The normalized spacial score (nSPS) is 11.9. The summed E-state index contributed by atoms with van der Waals surface area (Å²) in [6.45, 7) is 1.41. The predicted molar refractivity (Wildman–Crippen MR) is 111 cm³/mol. The summed E-state index contributed by atoms with van der Waals surface area (Å²) in [6, 6.07) is 16.8. The van der Waals surface area contributed by atoms with E-state index in [2.05, 4.69) is 10.2 Å². The lowest BCUT2D eigenvalue weighted by atomic mass is 10.2. The van der Waals surface area contributed by atoms with Crippen molar-refractivity contribution >= 4 is 35.1 Å². The minimum Gasteiger partial charge on any atom is -0.347 e. The highest BCUT2D eigenvalue weighted by Gasteiger charge is 2.29. The topological polar surface area (TPSA) is 68.1 Å². The molecule has 1 heterocycles. The van der Waals surface area contributed by atoms with Crippen LogP contribution < -0.4 is 0 Å². The van der Waals surface area contributed by atoms with E-state index < -0.39 is 5.25 Å². The second kappa shape index (κ2) is 8.58. The van der Waals surface area contributed by atoms with Crippen molar-refractivity contribution in [3.8, 4) is 17.1 Å². The molecule has 0 aliphatic rings. The first-order valence-electron chi connectivity index (χ1n) is 8.53. The third kappa shape index (κ3) is 4.26. The van der Waals surface area contributed by atoms with Crippen LogP contribution in [0.4, 0.5) is 0 Å². The molecule has 0 saturated heterocycles. The van der Waals surface area contributed by atoms with Crippen LogP contribution in [0.5, 0.6) is 0 Å². The number of nitrogens with zero attached hydrogens (tertiary/aromatic N) is 4. The van der Waals surface area contributed by atoms with Crippen molar-refractivity contribution in [2.24, 2.45) is 0 Å². The third-order valence-electron chi connectivity index (χ3n) is 4.01. The summed E-state index contributed by atoms with van der Waals surface area (Å²) in [7, 11) is 3.25. The molecule has 1 atom stereocenters. The highest BCUT2D eigenvalue weighted by molar-refractivity contribution is 8.01. The van der Waals surface area contributed by atoms with E-state index >= 15 is 0 Å². The van der Waals surface area contributed by atoms with Gasteiger partial charge in [-0.3, -0.25) is 14.2 Å². The Morgan fingerprint density at radius 3 is 2.25 bits per heavy atom. The van der Waals surface area contributed by atoms with Crippen molar-refractivity contribution in [3.05, 3.63) is 59.6 Å². The minimum absolute atomic E-state index is 0.237. The van der Waals surface area contributed by atoms with Crippen LogP contribution in [0.1, 0.15) is 6.92 Å². The Bertz CT molecular complexity index is 987. The summed E-state index contributed by atoms with van der Waals surface area (Å²) in [5, 5.41) is 8.79. The Morgan fingerprint density at radius 2 is 1.68 bits per heavy atom. The van der Waals surface area contributed by atoms with Crippen molar-refractivity contribution in [3.63, 3.8) is 0 Å². The number of Topliss-reactive ketones (excluding diaryl/α,β-unsaturated/α-hetero) is 1. The van der Waals surface area contributed by atoms with Gasteiger partial charge in [0.05, 0.1) is 0 Å². The van der Waals surface area contributed by atoms with E-state index in [9.17, 15) is 9.59 Å². The number of hydrogen-bond acceptors (Lipinski definition) is 5. The predicted octanol–water partition coefficient (Wildman–Crippen LogP) is 3.73. The summed E-state index contributed by atoms with van der Waals surface area (Å²) < 4.78 is 1.84. The second-order valence-corrected chi connectivity index (χ2v) is 7.83. The monoisotopic (exact) mass is 414 g/mol. The molecular formula is C20H19ClN4O2S. The van der Waals surface area contributed by atoms with Gasteiger partial charge in [0.2, 0.25) is 5.91 Å². The lowest BCUT2D eigenvalue weighted by Crippen LogP contribution is -2.36. The van der Waals surface area contributed by atoms with Crippen LogP contribution in [0.15, 0.2) is 59.8 Å². The molecule has 0 N–H and O–H groups in total. The van der Waals surface area contributed by atoms with Crippen molar-refractivity contribution < 1.29 is 9.59 Å². The fraction of sp³-hybridized carbons (Fsp3) is 0.200. The Hall–Kier alpha value is -2.64. The van der Waals surface area contributed by atoms with Crippen molar-refractivity contribution in [2.45, 2.75) is 17.3 Å². The van der Waals surface area contributed by atoms with Gasteiger partial charge in [0.1, 0.15) is 5.25 Å². The van der Waals surface area contributed by atoms with Crippen LogP contribution in [0.25, 0.3) is 17.1 Å². The van der Waals surface area contributed by atoms with Gasteiger partial charge in [-0.05, 0) is 43.3 Å². The lowest BCUT2D eigenvalue weighted by molar-refractivity contribution is -0.132. The average molecular weight is 415 g/mol. The van der Waals surface area contributed by atoms with Gasteiger partial charge in [0.25, 0.3) is 0 Å². The van der Waals surface area contributed by atoms with Crippen LogP contribution in [0, 0.1) is 0 Å². The zero-order valence-corrected chi connectivity index (χ0v) is 17.2. The summed E-state index contributed by atoms with van der Waals surface area (Å²) in [5.74, 6) is 0.0810. The average Bonchev–Trinajstić information content (AvgIpc) is 3.10. The summed E-state index contributed by atoms with van der Waals surface area (Å²) in [4.78, 5) is 26.0. The molecular weight excluding hydrogens is 396 g/mol. The number of hydrogen-bond donors (Lipinski definition) is 0. The SMILES string of the molecule is CC(=O)C(Sc1nnc(-c2ccc(Cl)cc2)n1-c1ccccc1)C(=O)N(C)C. The largest absolute Gasteiger partial charge is 0.347 e. The molecule has 1 amide bonds. The fourth-order valence-corrected chi connectivity index (χ4v) is 3.79. The van der Waals surface area contributed by atoms with E-state index in [1.807, 2.05) is 47.0 Å². The Balaban J connectivity index is 2.10. The first-order valence-corrected chi connectivity index (χ1v) is 9.79. The van der Waals surface area contributed by atoms with Crippen molar-refractivity contribution in [1.29, 1.82) is 0 Å². The van der Waals surface area contributed by atoms with E-state index in [0.717, 1.165) is 23.0 Å². The molecule has 2 aromatic carbocycles. The number of rotatable bonds is 6. The molecule has 3 aromatic rings. The number of carbonyl (C=O) groups excluding carboxylic acids is 2. The quantitative estimate of drug-likeness (QED) is 0.454. The number of benzene rings is 2. The third-order valence-corrected chi connectivity index (χ3v) is 5.50. The maximum Gasteiger partial charge on any atom is 0.243 e. The molecule has 3 rings (SSSR count). The minimum atomic E-state index is -0.889. The van der Waals surface area contributed by atoms with E-state index in [0.29, 0.717) is 16.0 Å². The zero-order chi connectivity index (χ0) is 20.3. The van der Waals surface area contributed by atoms with Gasteiger partial charge in [-0.1, -0.05) is 41.6 Å². The number of carbonyl (C=O) groups is 2. The van der Waals surface area contributed by atoms with Gasteiger partial charge in [-0.25, -0.2) is 0 Å². The Kier molecular flexibility index (Phi) is 6.16. The van der Waals surface area contributed by atoms with Crippen molar-refractivity contribution in [2.75, 3.05) is 14.1 Å². The maximum absolute atomic E-state index is 12.5. The Morgan fingerprint density at radius 1 is 1.04 bits per heavy atom. The van der Waals surface area contributed by atoms with Gasteiger partial charge in [-0.15, -0.1) is 10.2 Å². The second-order valence-electron chi connectivity index (χ2n) is 6.33. The first-order chi connectivity index (χ1) is 13.4. The van der Waals surface area contributed by atoms with Crippen LogP contribution in [0.2, 0.25) is 5.02 Å². The highest BCUT2D eigenvalue weighted by Crippen LogP contribution is 2.31. The van der Waals surface area contributed by atoms with Gasteiger partial charge in [-0.2, -0.15) is 0 Å². The number of amides is 1. The van der Waals surface area contributed by atoms with Crippen LogP contribution in [-0.4, -0.2) is 50.7 Å². The van der Waals surface area contributed by atoms with Crippen LogP contribution >= 0.6 is 23.4 Å². The van der Waals surface area contributed by atoms with E-state index in [-0.39, 0.29) is 11.7 Å². The van der Waals surface area contributed by atoms with Crippen LogP contribution in [0.3, 0.4) is 0 Å². The number of para-hydroxylation sites is 1. The summed E-state index contributed by atoms with van der Waals surface area (Å²) in [6.07, 6.45) is 0. The zero-order valence-electron chi connectivity index (χ0n) is 15.7.